The highest BCUT2D eigenvalue weighted by Crippen LogP contribution is 2.23. The van der Waals surface area contributed by atoms with E-state index in [1.165, 1.54) is 12.1 Å². The Bertz CT molecular complexity index is 475. The SMILES string of the molecule is COCCCOc1ccc(S(=O)(=O)Cl)cc1F. The van der Waals surface area contributed by atoms with Crippen LogP contribution in [-0.2, 0) is 13.8 Å². The molecule has 0 aliphatic heterocycles. The molecular weight excluding hydrogens is 271 g/mol. The molecule has 0 radical (unpaired) electrons. The van der Waals surface area contributed by atoms with Crippen LogP contribution in [0.5, 0.6) is 5.75 Å². The summed E-state index contributed by atoms with van der Waals surface area (Å²) in [6.07, 6.45) is 0.617. The van der Waals surface area contributed by atoms with E-state index in [0.717, 1.165) is 6.07 Å². The number of hydrogen-bond donors (Lipinski definition) is 0. The highest BCUT2D eigenvalue weighted by atomic mass is 35.7. The fourth-order valence-electron chi connectivity index (χ4n) is 1.14. The van der Waals surface area contributed by atoms with Crippen LogP contribution < -0.4 is 4.74 Å². The van der Waals surface area contributed by atoms with Crippen LogP contribution in [0.15, 0.2) is 23.1 Å². The van der Waals surface area contributed by atoms with Gasteiger partial charge in [-0.25, -0.2) is 12.8 Å². The summed E-state index contributed by atoms with van der Waals surface area (Å²) in [7, 11) is 2.72. The van der Waals surface area contributed by atoms with Crippen molar-refractivity contribution in [1.29, 1.82) is 0 Å². The summed E-state index contributed by atoms with van der Waals surface area (Å²) in [5, 5.41) is 0. The van der Waals surface area contributed by atoms with Gasteiger partial charge in [0.05, 0.1) is 11.5 Å². The first-order valence-electron chi connectivity index (χ1n) is 4.81. The molecule has 0 heterocycles. The molecular formula is C10H12ClFO4S. The zero-order valence-electron chi connectivity index (χ0n) is 9.15. The van der Waals surface area contributed by atoms with E-state index < -0.39 is 14.9 Å². The first-order valence-corrected chi connectivity index (χ1v) is 7.12. The topological polar surface area (TPSA) is 52.6 Å². The van der Waals surface area contributed by atoms with Gasteiger partial charge in [0, 0.05) is 30.8 Å². The van der Waals surface area contributed by atoms with Gasteiger partial charge in [-0.1, -0.05) is 0 Å². The monoisotopic (exact) mass is 282 g/mol. The Hall–Kier alpha value is -0.850. The number of halogens is 2. The summed E-state index contributed by atoms with van der Waals surface area (Å²) < 4.78 is 45.2. The summed E-state index contributed by atoms with van der Waals surface area (Å²) in [4.78, 5) is -0.291. The molecule has 1 rings (SSSR count). The second-order valence-electron chi connectivity index (χ2n) is 3.22. The van der Waals surface area contributed by atoms with E-state index >= 15 is 0 Å². The zero-order valence-corrected chi connectivity index (χ0v) is 10.7. The largest absolute Gasteiger partial charge is 0.490 e. The van der Waals surface area contributed by atoms with Crippen molar-refractivity contribution in [2.24, 2.45) is 0 Å². The average molecular weight is 283 g/mol. The third kappa shape index (κ3) is 4.49. The third-order valence-electron chi connectivity index (χ3n) is 1.94. The molecule has 96 valence electrons. The lowest BCUT2D eigenvalue weighted by Gasteiger charge is -2.07. The Kier molecular flexibility index (Phi) is 5.17. The van der Waals surface area contributed by atoms with Crippen LogP contribution in [-0.4, -0.2) is 28.7 Å². The van der Waals surface area contributed by atoms with E-state index in [1.807, 2.05) is 0 Å². The number of benzene rings is 1. The first kappa shape index (κ1) is 14.2. The number of methoxy groups -OCH3 is 1. The zero-order chi connectivity index (χ0) is 12.9. The van der Waals surface area contributed by atoms with Crippen molar-refractivity contribution < 1.29 is 22.3 Å². The van der Waals surface area contributed by atoms with E-state index in [1.54, 1.807) is 7.11 Å². The Balaban J connectivity index is 2.70. The Morgan fingerprint density at radius 3 is 2.59 bits per heavy atom. The number of hydrogen-bond acceptors (Lipinski definition) is 4. The maximum Gasteiger partial charge on any atom is 0.261 e. The molecule has 0 fully saturated rings. The smallest absolute Gasteiger partial charge is 0.261 e. The minimum Gasteiger partial charge on any atom is -0.490 e. The molecule has 1 aromatic rings. The fourth-order valence-corrected chi connectivity index (χ4v) is 1.90. The number of rotatable bonds is 6. The van der Waals surface area contributed by atoms with E-state index in [4.69, 9.17) is 20.2 Å². The Morgan fingerprint density at radius 2 is 2.06 bits per heavy atom. The van der Waals surface area contributed by atoms with E-state index in [-0.39, 0.29) is 17.3 Å². The maximum absolute atomic E-state index is 13.4. The molecule has 0 unspecified atom stereocenters. The molecule has 0 saturated heterocycles. The normalized spacial score (nSPS) is 11.5. The van der Waals surface area contributed by atoms with Crippen LogP contribution in [0, 0.1) is 5.82 Å². The average Bonchev–Trinajstić information content (AvgIpc) is 2.24. The summed E-state index contributed by atoms with van der Waals surface area (Å²) >= 11 is 0. The summed E-state index contributed by atoms with van der Waals surface area (Å²) in [5.74, 6) is -0.769. The quantitative estimate of drug-likeness (QED) is 0.593. The molecule has 0 aliphatic carbocycles. The van der Waals surface area contributed by atoms with Gasteiger partial charge in [-0.3, -0.25) is 0 Å². The van der Waals surface area contributed by atoms with E-state index in [9.17, 15) is 12.8 Å². The molecule has 0 bridgehead atoms. The summed E-state index contributed by atoms with van der Waals surface area (Å²) in [5.41, 5.74) is 0. The van der Waals surface area contributed by atoms with Gasteiger partial charge in [-0.2, -0.15) is 0 Å². The summed E-state index contributed by atoms with van der Waals surface area (Å²) in [6.45, 7) is 0.799. The van der Waals surface area contributed by atoms with Gasteiger partial charge in [0.1, 0.15) is 0 Å². The predicted molar refractivity (Wildman–Crippen MR) is 61.4 cm³/mol. The van der Waals surface area contributed by atoms with Crippen molar-refractivity contribution in [2.75, 3.05) is 20.3 Å². The van der Waals surface area contributed by atoms with Crippen LogP contribution >= 0.6 is 10.7 Å². The Labute approximate surface area is 104 Å². The minimum absolute atomic E-state index is 0.00910. The molecule has 0 saturated carbocycles. The molecule has 0 aromatic heterocycles. The highest BCUT2D eigenvalue weighted by molar-refractivity contribution is 8.13. The van der Waals surface area contributed by atoms with Crippen LogP contribution in [0.4, 0.5) is 4.39 Å². The van der Waals surface area contributed by atoms with Crippen molar-refractivity contribution in [3.05, 3.63) is 24.0 Å². The molecule has 0 atom stereocenters. The Morgan fingerprint density at radius 1 is 1.35 bits per heavy atom. The van der Waals surface area contributed by atoms with E-state index in [2.05, 4.69) is 0 Å². The second-order valence-corrected chi connectivity index (χ2v) is 5.79. The van der Waals surface area contributed by atoms with Crippen LogP contribution in [0.2, 0.25) is 0 Å². The lowest BCUT2D eigenvalue weighted by molar-refractivity contribution is 0.170. The van der Waals surface area contributed by atoms with Crippen LogP contribution in [0.25, 0.3) is 0 Å². The van der Waals surface area contributed by atoms with Crippen molar-refractivity contribution in [1.82, 2.24) is 0 Å². The minimum atomic E-state index is -3.91. The molecule has 0 N–H and O–H groups in total. The van der Waals surface area contributed by atoms with Crippen molar-refractivity contribution in [3.63, 3.8) is 0 Å². The van der Waals surface area contributed by atoms with Gasteiger partial charge in [-0.05, 0) is 18.2 Å². The van der Waals surface area contributed by atoms with Gasteiger partial charge in [0.25, 0.3) is 9.05 Å². The maximum atomic E-state index is 13.4. The van der Waals surface area contributed by atoms with Gasteiger partial charge < -0.3 is 9.47 Å². The van der Waals surface area contributed by atoms with Gasteiger partial charge >= 0.3 is 0 Å². The van der Waals surface area contributed by atoms with Crippen LogP contribution in [0.3, 0.4) is 0 Å². The summed E-state index contributed by atoms with van der Waals surface area (Å²) in [6, 6.07) is 3.25. The molecule has 4 nitrogen and oxygen atoms in total. The molecule has 17 heavy (non-hydrogen) atoms. The first-order chi connectivity index (χ1) is 7.95. The van der Waals surface area contributed by atoms with Crippen molar-refractivity contribution in [3.8, 4) is 5.75 Å². The van der Waals surface area contributed by atoms with Gasteiger partial charge in [0.2, 0.25) is 0 Å². The second kappa shape index (κ2) is 6.18. The lowest BCUT2D eigenvalue weighted by Crippen LogP contribution is -2.03. The molecule has 7 heteroatoms. The third-order valence-corrected chi connectivity index (χ3v) is 3.29. The fraction of sp³-hybridized carbons (Fsp3) is 0.400. The molecule has 0 aliphatic rings. The standard InChI is InChI=1S/C10H12ClFO4S/c1-15-5-2-6-16-10-4-3-8(7-9(10)12)17(11,13)14/h3-4,7H,2,5-6H2,1H3. The van der Waals surface area contributed by atoms with Crippen LogP contribution in [0.1, 0.15) is 6.42 Å². The molecule has 0 spiro atoms. The highest BCUT2D eigenvalue weighted by Gasteiger charge is 2.13. The van der Waals surface area contributed by atoms with Crippen molar-refractivity contribution in [2.45, 2.75) is 11.3 Å². The number of ether oxygens (including phenoxy) is 2. The van der Waals surface area contributed by atoms with Crippen molar-refractivity contribution >= 4 is 19.7 Å². The van der Waals surface area contributed by atoms with Gasteiger partial charge in [0.15, 0.2) is 11.6 Å². The molecule has 1 aromatic carbocycles. The van der Waals surface area contributed by atoms with E-state index in [0.29, 0.717) is 13.0 Å². The molecule has 0 amide bonds. The van der Waals surface area contributed by atoms with Gasteiger partial charge in [-0.15, -0.1) is 0 Å². The predicted octanol–water partition coefficient (Wildman–Crippen LogP) is 2.17. The lowest BCUT2D eigenvalue weighted by atomic mass is 10.3.